The second kappa shape index (κ2) is 3.42. The summed E-state index contributed by atoms with van der Waals surface area (Å²) < 4.78 is 5.26. The highest BCUT2D eigenvalue weighted by Gasteiger charge is 2.36. The number of amides is 1. The molecule has 3 atom stereocenters. The van der Waals surface area contributed by atoms with E-state index in [1.54, 1.807) is 12.2 Å². The summed E-state index contributed by atoms with van der Waals surface area (Å²) in [6.45, 7) is 3.45. The summed E-state index contributed by atoms with van der Waals surface area (Å²) in [5.41, 5.74) is 0. The van der Waals surface area contributed by atoms with Gasteiger partial charge in [0, 0.05) is 6.42 Å². The molecule has 3 unspecified atom stereocenters. The molecule has 0 aromatic rings. The third-order valence-corrected chi connectivity index (χ3v) is 2.60. The highest BCUT2D eigenvalue weighted by molar-refractivity contribution is 5.92. The molecule has 5 nitrogen and oxygen atoms in total. The van der Waals surface area contributed by atoms with E-state index in [1.165, 1.54) is 0 Å². The number of hydrogen-bond acceptors (Lipinski definition) is 3. The van der Waals surface area contributed by atoms with Crippen LogP contribution in [0.5, 0.6) is 0 Å². The molecular weight excluding hydrogens is 198 g/mol. The Balaban J connectivity index is 2.15. The van der Waals surface area contributed by atoms with E-state index in [2.05, 4.69) is 11.9 Å². The van der Waals surface area contributed by atoms with E-state index in [4.69, 9.17) is 9.84 Å². The Labute approximate surface area is 86.4 Å². The van der Waals surface area contributed by atoms with Crippen LogP contribution in [0, 0.1) is 5.92 Å². The van der Waals surface area contributed by atoms with Gasteiger partial charge in [-0.2, -0.15) is 0 Å². The minimum absolute atomic E-state index is 0.0516. The molecule has 2 rings (SSSR count). The van der Waals surface area contributed by atoms with Gasteiger partial charge in [0.25, 0.3) is 5.91 Å². The van der Waals surface area contributed by atoms with Crippen LogP contribution in [0.4, 0.5) is 0 Å². The van der Waals surface area contributed by atoms with Gasteiger partial charge in [0.05, 0.1) is 12.0 Å². The van der Waals surface area contributed by atoms with Gasteiger partial charge < -0.3 is 15.2 Å². The maximum atomic E-state index is 11.2. The van der Waals surface area contributed by atoms with E-state index in [0.29, 0.717) is 6.42 Å². The predicted molar refractivity (Wildman–Crippen MR) is 50.8 cm³/mol. The smallest absolute Gasteiger partial charge is 0.310 e. The number of ether oxygens (including phenoxy) is 1. The van der Waals surface area contributed by atoms with Crippen molar-refractivity contribution in [3.63, 3.8) is 0 Å². The molecule has 80 valence electrons. The van der Waals surface area contributed by atoms with Crippen molar-refractivity contribution in [3.05, 3.63) is 24.5 Å². The second-order valence-corrected chi connectivity index (χ2v) is 3.64. The van der Waals surface area contributed by atoms with Crippen LogP contribution >= 0.6 is 0 Å². The minimum atomic E-state index is -0.879. The molecule has 1 aliphatic heterocycles. The third-order valence-electron chi connectivity index (χ3n) is 2.60. The highest BCUT2D eigenvalue weighted by atomic mass is 16.5. The first-order valence-electron chi connectivity index (χ1n) is 4.65. The standard InChI is InChI=1S/C10H11NO4/c1-5-9(12)11-7-3-2-6(10(13)14)4-8(7)15-5/h2-3,6-8H,1,4H2,(H,11,12)(H,13,14). The summed E-state index contributed by atoms with van der Waals surface area (Å²) in [5, 5.41) is 11.5. The van der Waals surface area contributed by atoms with Crippen LogP contribution < -0.4 is 5.32 Å². The van der Waals surface area contributed by atoms with Gasteiger partial charge in [-0.1, -0.05) is 18.7 Å². The first-order valence-corrected chi connectivity index (χ1v) is 4.65. The van der Waals surface area contributed by atoms with E-state index < -0.39 is 11.9 Å². The van der Waals surface area contributed by atoms with Crippen LogP contribution in [-0.2, 0) is 14.3 Å². The molecule has 5 heteroatoms. The summed E-state index contributed by atoms with van der Waals surface area (Å²) in [6.07, 6.45) is 3.29. The number of morpholine rings is 1. The molecule has 1 fully saturated rings. The van der Waals surface area contributed by atoms with E-state index in [1.807, 2.05) is 0 Å². The Hall–Kier alpha value is -1.78. The van der Waals surface area contributed by atoms with Gasteiger partial charge in [-0.25, -0.2) is 0 Å². The molecule has 1 heterocycles. The largest absolute Gasteiger partial charge is 0.483 e. The number of nitrogens with one attached hydrogen (secondary N) is 1. The average Bonchev–Trinajstić information content (AvgIpc) is 2.19. The monoisotopic (exact) mass is 209 g/mol. The van der Waals surface area contributed by atoms with E-state index in [9.17, 15) is 9.59 Å². The van der Waals surface area contributed by atoms with Crippen molar-refractivity contribution in [1.29, 1.82) is 0 Å². The van der Waals surface area contributed by atoms with Crippen LogP contribution in [0.15, 0.2) is 24.5 Å². The van der Waals surface area contributed by atoms with Gasteiger partial charge in [0.1, 0.15) is 6.10 Å². The lowest BCUT2D eigenvalue weighted by Crippen LogP contribution is -2.51. The quantitative estimate of drug-likeness (QED) is 0.472. The Bertz CT molecular complexity index is 360. The number of aliphatic carboxylic acids is 1. The van der Waals surface area contributed by atoms with E-state index in [-0.39, 0.29) is 23.8 Å². The van der Waals surface area contributed by atoms with Gasteiger partial charge in [0.15, 0.2) is 5.76 Å². The Morgan fingerprint density at radius 2 is 2.33 bits per heavy atom. The van der Waals surface area contributed by atoms with Crippen molar-refractivity contribution < 1.29 is 19.4 Å². The summed E-state index contributed by atoms with van der Waals surface area (Å²) in [5.74, 6) is -1.71. The fourth-order valence-corrected chi connectivity index (χ4v) is 1.77. The number of hydrogen-bond donors (Lipinski definition) is 2. The molecule has 1 aliphatic carbocycles. The van der Waals surface area contributed by atoms with Crippen LogP contribution in [0.25, 0.3) is 0 Å². The van der Waals surface area contributed by atoms with Crippen molar-refractivity contribution >= 4 is 11.9 Å². The molecule has 0 bridgehead atoms. The zero-order chi connectivity index (χ0) is 11.0. The Morgan fingerprint density at radius 3 is 3.00 bits per heavy atom. The summed E-state index contributed by atoms with van der Waals surface area (Å²) >= 11 is 0. The average molecular weight is 209 g/mol. The van der Waals surface area contributed by atoms with Gasteiger partial charge in [-0.05, 0) is 0 Å². The maximum Gasteiger partial charge on any atom is 0.310 e. The second-order valence-electron chi connectivity index (χ2n) is 3.64. The number of carboxylic acids is 1. The zero-order valence-electron chi connectivity index (χ0n) is 7.97. The molecule has 1 amide bonds. The van der Waals surface area contributed by atoms with E-state index >= 15 is 0 Å². The molecule has 0 aromatic carbocycles. The van der Waals surface area contributed by atoms with Crippen LogP contribution in [0.1, 0.15) is 6.42 Å². The zero-order valence-corrected chi connectivity index (χ0v) is 7.97. The number of carbonyl (C=O) groups excluding carboxylic acids is 1. The molecule has 0 aromatic heterocycles. The molecule has 2 aliphatic rings. The lowest BCUT2D eigenvalue weighted by atomic mass is 9.89. The van der Waals surface area contributed by atoms with Crippen molar-refractivity contribution in [2.45, 2.75) is 18.6 Å². The SMILES string of the molecule is C=C1OC2CC(C(=O)O)C=CC2NC1=O. The Morgan fingerprint density at radius 1 is 1.60 bits per heavy atom. The molecule has 0 saturated carbocycles. The van der Waals surface area contributed by atoms with E-state index in [0.717, 1.165) is 0 Å². The molecule has 2 N–H and O–H groups in total. The lowest BCUT2D eigenvalue weighted by molar-refractivity contribution is -0.142. The van der Waals surface area contributed by atoms with Gasteiger partial charge in [0.2, 0.25) is 0 Å². The first-order chi connectivity index (χ1) is 7.08. The number of carbonyl (C=O) groups is 2. The van der Waals surface area contributed by atoms with Gasteiger partial charge >= 0.3 is 5.97 Å². The molecule has 1 saturated heterocycles. The maximum absolute atomic E-state index is 11.2. The molecular formula is C10H11NO4. The van der Waals surface area contributed by atoms with Crippen molar-refractivity contribution in [2.75, 3.05) is 0 Å². The molecule has 0 spiro atoms. The fourth-order valence-electron chi connectivity index (χ4n) is 1.77. The molecule has 15 heavy (non-hydrogen) atoms. The summed E-state index contributed by atoms with van der Waals surface area (Å²) in [4.78, 5) is 21.9. The van der Waals surface area contributed by atoms with Crippen LogP contribution in [0.2, 0.25) is 0 Å². The lowest BCUT2D eigenvalue weighted by Gasteiger charge is -2.35. The van der Waals surface area contributed by atoms with Gasteiger partial charge in [-0.15, -0.1) is 0 Å². The van der Waals surface area contributed by atoms with Crippen LogP contribution in [-0.4, -0.2) is 29.1 Å². The molecule has 0 radical (unpaired) electrons. The van der Waals surface area contributed by atoms with Crippen molar-refractivity contribution in [3.8, 4) is 0 Å². The first kappa shape index (κ1) is 9.76. The predicted octanol–water partition coefficient (Wildman–Crippen LogP) is 0.0444. The van der Waals surface area contributed by atoms with Crippen LogP contribution in [0.3, 0.4) is 0 Å². The van der Waals surface area contributed by atoms with Crippen molar-refractivity contribution in [2.24, 2.45) is 5.92 Å². The van der Waals surface area contributed by atoms with Gasteiger partial charge in [-0.3, -0.25) is 9.59 Å². The minimum Gasteiger partial charge on any atom is -0.483 e. The summed E-state index contributed by atoms with van der Waals surface area (Å²) in [6, 6.07) is -0.237. The Kier molecular flexibility index (Phi) is 2.22. The fraction of sp³-hybridized carbons (Fsp3) is 0.400. The number of carboxylic acid groups (broad SMARTS) is 1. The number of rotatable bonds is 1. The third kappa shape index (κ3) is 1.72. The highest BCUT2D eigenvalue weighted by Crippen LogP contribution is 2.25. The number of fused-ring (bicyclic) bond motifs is 1. The normalized spacial score (nSPS) is 34.0. The summed E-state index contributed by atoms with van der Waals surface area (Å²) in [7, 11) is 0. The topological polar surface area (TPSA) is 75.6 Å². The van der Waals surface area contributed by atoms with Crippen molar-refractivity contribution in [1.82, 2.24) is 5.32 Å².